The topological polar surface area (TPSA) is 43.1 Å². The zero-order valence-electron chi connectivity index (χ0n) is 13.0. The molecule has 2 nitrogen and oxygen atoms in total. The number of benzene rings is 2. The van der Waals surface area contributed by atoms with E-state index in [1.807, 2.05) is 24.3 Å². The van der Waals surface area contributed by atoms with Crippen LogP contribution >= 0.6 is 0 Å². The zero-order chi connectivity index (χ0) is 16.6. The fourth-order valence-electron chi connectivity index (χ4n) is 3.41. The molecule has 120 valence electrons. The molecule has 0 radical (unpaired) electrons. The lowest BCUT2D eigenvalue weighted by molar-refractivity contribution is -0.121. The maximum Gasteiger partial charge on any atom is 0.220 e. The molecule has 4 heteroatoms. The van der Waals surface area contributed by atoms with Gasteiger partial charge in [-0.2, -0.15) is 0 Å². The third-order valence-electron chi connectivity index (χ3n) is 4.73. The summed E-state index contributed by atoms with van der Waals surface area (Å²) in [6.45, 7) is 1.77. The van der Waals surface area contributed by atoms with Crippen LogP contribution in [0.3, 0.4) is 0 Å². The number of nitrogens with two attached hydrogens (primary N) is 1. The molecule has 2 N–H and O–H groups in total. The number of halogens is 2. The molecule has 0 heterocycles. The van der Waals surface area contributed by atoms with Gasteiger partial charge in [0.15, 0.2) is 11.6 Å². The molecule has 2 aromatic carbocycles. The van der Waals surface area contributed by atoms with Crippen molar-refractivity contribution in [2.45, 2.75) is 32.1 Å². The van der Waals surface area contributed by atoms with Crippen molar-refractivity contribution < 1.29 is 13.6 Å². The van der Waals surface area contributed by atoms with Gasteiger partial charge < -0.3 is 5.73 Å². The molecule has 0 aromatic heterocycles. The van der Waals surface area contributed by atoms with Crippen LogP contribution in [0.1, 0.15) is 41.5 Å². The number of fused-ring (bicyclic) bond motifs is 2. The quantitative estimate of drug-likeness (QED) is 0.922. The molecular formula is C19H19F2NO. The van der Waals surface area contributed by atoms with Crippen molar-refractivity contribution in [2.75, 3.05) is 0 Å². The van der Waals surface area contributed by atoms with Crippen molar-refractivity contribution in [3.05, 3.63) is 70.3 Å². The van der Waals surface area contributed by atoms with Gasteiger partial charge in [0.05, 0.1) is 0 Å². The number of carbonyl (C=O) groups excluding carboxylic acids is 1. The predicted octanol–water partition coefficient (Wildman–Crippen LogP) is 3.71. The highest BCUT2D eigenvalue weighted by atomic mass is 19.2. The Labute approximate surface area is 134 Å². The number of primary amides is 1. The summed E-state index contributed by atoms with van der Waals surface area (Å²) >= 11 is 0. The smallest absolute Gasteiger partial charge is 0.220 e. The van der Waals surface area contributed by atoms with Gasteiger partial charge in [0.2, 0.25) is 5.91 Å². The van der Waals surface area contributed by atoms with E-state index in [4.69, 9.17) is 5.73 Å². The Morgan fingerprint density at radius 1 is 1.13 bits per heavy atom. The summed E-state index contributed by atoms with van der Waals surface area (Å²) in [5, 5.41) is 0. The van der Waals surface area contributed by atoms with E-state index in [0.29, 0.717) is 12.8 Å². The van der Waals surface area contributed by atoms with Gasteiger partial charge in [0.25, 0.3) is 0 Å². The van der Waals surface area contributed by atoms with Crippen LogP contribution in [0, 0.1) is 17.6 Å². The molecule has 2 aromatic rings. The molecule has 1 aliphatic carbocycles. The van der Waals surface area contributed by atoms with Gasteiger partial charge in [-0.1, -0.05) is 31.2 Å². The van der Waals surface area contributed by atoms with E-state index in [2.05, 4.69) is 0 Å². The van der Waals surface area contributed by atoms with Crippen LogP contribution in [0.15, 0.2) is 36.4 Å². The summed E-state index contributed by atoms with van der Waals surface area (Å²) < 4.78 is 27.5. The molecule has 0 fully saturated rings. The van der Waals surface area contributed by atoms with Crippen LogP contribution in [0.4, 0.5) is 8.78 Å². The van der Waals surface area contributed by atoms with E-state index in [9.17, 15) is 13.6 Å². The number of aryl methyl sites for hydroxylation is 2. The van der Waals surface area contributed by atoms with Crippen molar-refractivity contribution in [2.24, 2.45) is 11.7 Å². The maximum absolute atomic E-state index is 13.8. The van der Waals surface area contributed by atoms with Gasteiger partial charge >= 0.3 is 0 Å². The second-order valence-electron chi connectivity index (χ2n) is 6.26. The summed E-state index contributed by atoms with van der Waals surface area (Å²) in [5.74, 6) is -2.54. The molecule has 0 saturated carbocycles. The molecule has 0 aliphatic heterocycles. The van der Waals surface area contributed by atoms with E-state index >= 15 is 0 Å². The number of carbonyl (C=O) groups is 1. The minimum absolute atomic E-state index is 0.152. The van der Waals surface area contributed by atoms with Crippen molar-refractivity contribution in [3.63, 3.8) is 0 Å². The average Bonchev–Trinajstić information content (AvgIpc) is 2.66. The van der Waals surface area contributed by atoms with Crippen LogP contribution in [0.25, 0.3) is 0 Å². The summed E-state index contributed by atoms with van der Waals surface area (Å²) in [6.07, 6.45) is 1.92. The summed E-state index contributed by atoms with van der Waals surface area (Å²) in [5.41, 5.74) is 9.22. The van der Waals surface area contributed by atoms with Crippen LogP contribution in [-0.2, 0) is 17.6 Å². The molecule has 2 unspecified atom stereocenters. The molecule has 2 atom stereocenters. The Hall–Kier alpha value is -2.23. The van der Waals surface area contributed by atoms with Crippen molar-refractivity contribution in [3.8, 4) is 0 Å². The third kappa shape index (κ3) is 2.98. The molecule has 0 spiro atoms. The standard InChI is InChI=1S/C19H19F2NO/c1-11(19(22)23)8-16-14-5-3-2-4-12(14)6-7-13-9-17(20)18(21)10-15(13)16/h2-5,9-11,16H,6-8H2,1H3,(H2,22,23). The van der Waals surface area contributed by atoms with Gasteiger partial charge in [0, 0.05) is 11.8 Å². The van der Waals surface area contributed by atoms with Crippen molar-refractivity contribution in [1.82, 2.24) is 0 Å². The van der Waals surface area contributed by atoms with E-state index in [-0.39, 0.29) is 17.7 Å². The highest BCUT2D eigenvalue weighted by Gasteiger charge is 2.27. The fraction of sp³-hybridized carbons (Fsp3) is 0.316. The Morgan fingerprint density at radius 2 is 1.78 bits per heavy atom. The van der Waals surface area contributed by atoms with E-state index in [0.717, 1.165) is 28.7 Å². The van der Waals surface area contributed by atoms with Crippen LogP contribution in [-0.4, -0.2) is 5.91 Å². The minimum Gasteiger partial charge on any atom is -0.369 e. The fourth-order valence-corrected chi connectivity index (χ4v) is 3.41. The Kier molecular flexibility index (Phi) is 4.16. The van der Waals surface area contributed by atoms with Crippen molar-refractivity contribution in [1.29, 1.82) is 0 Å². The Balaban J connectivity index is 2.14. The van der Waals surface area contributed by atoms with Crippen LogP contribution in [0.5, 0.6) is 0 Å². The van der Waals surface area contributed by atoms with E-state index in [1.165, 1.54) is 12.1 Å². The lowest BCUT2D eigenvalue weighted by Gasteiger charge is -2.23. The molecule has 1 aliphatic rings. The predicted molar refractivity (Wildman–Crippen MR) is 85.0 cm³/mol. The molecular weight excluding hydrogens is 296 g/mol. The second kappa shape index (κ2) is 6.11. The molecule has 1 amide bonds. The van der Waals surface area contributed by atoms with Gasteiger partial charge in [-0.25, -0.2) is 8.78 Å². The summed E-state index contributed by atoms with van der Waals surface area (Å²) in [6, 6.07) is 10.5. The lowest BCUT2D eigenvalue weighted by Crippen LogP contribution is -2.23. The SMILES string of the molecule is CC(CC1c2ccccc2CCc2cc(F)c(F)cc21)C(N)=O. The summed E-state index contributed by atoms with van der Waals surface area (Å²) in [4.78, 5) is 11.5. The first-order valence-electron chi connectivity index (χ1n) is 7.82. The lowest BCUT2D eigenvalue weighted by atomic mass is 9.81. The van der Waals surface area contributed by atoms with Gasteiger partial charge in [0.1, 0.15) is 0 Å². The number of rotatable bonds is 3. The average molecular weight is 315 g/mol. The van der Waals surface area contributed by atoms with Crippen LogP contribution < -0.4 is 5.73 Å². The molecule has 0 bridgehead atoms. The first kappa shape index (κ1) is 15.7. The van der Waals surface area contributed by atoms with Gasteiger partial charge in [-0.05, 0) is 53.6 Å². The first-order chi connectivity index (χ1) is 11.0. The zero-order valence-corrected chi connectivity index (χ0v) is 13.0. The minimum atomic E-state index is -0.847. The van der Waals surface area contributed by atoms with Gasteiger partial charge in [-0.15, -0.1) is 0 Å². The largest absolute Gasteiger partial charge is 0.369 e. The highest BCUT2D eigenvalue weighted by Crippen LogP contribution is 2.39. The number of hydrogen-bond donors (Lipinski definition) is 1. The second-order valence-corrected chi connectivity index (χ2v) is 6.26. The number of amides is 1. The first-order valence-corrected chi connectivity index (χ1v) is 7.82. The molecule has 3 rings (SSSR count). The maximum atomic E-state index is 13.8. The molecule has 23 heavy (non-hydrogen) atoms. The Bertz CT molecular complexity index is 757. The number of hydrogen-bond acceptors (Lipinski definition) is 1. The Morgan fingerprint density at radius 3 is 2.52 bits per heavy atom. The van der Waals surface area contributed by atoms with E-state index in [1.54, 1.807) is 6.92 Å². The van der Waals surface area contributed by atoms with E-state index < -0.39 is 11.6 Å². The van der Waals surface area contributed by atoms with Crippen LogP contribution in [0.2, 0.25) is 0 Å². The highest BCUT2D eigenvalue weighted by molar-refractivity contribution is 5.76. The summed E-state index contributed by atoms with van der Waals surface area (Å²) in [7, 11) is 0. The molecule has 0 saturated heterocycles. The monoisotopic (exact) mass is 315 g/mol. The van der Waals surface area contributed by atoms with Gasteiger partial charge in [-0.3, -0.25) is 4.79 Å². The van der Waals surface area contributed by atoms with Crippen molar-refractivity contribution >= 4 is 5.91 Å². The third-order valence-corrected chi connectivity index (χ3v) is 4.73. The normalized spacial score (nSPS) is 17.8.